The molecule has 1 saturated heterocycles. The second-order valence-electron chi connectivity index (χ2n) is 4.21. The fourth-order valence-corrected chi connectivity index (χ4v) is 3.67. The molecule has 1 aromatic rings. The van der Waals surface area contributed by atoms with Crippen LogP contribution in [0.2, 0.25) is 0 Å². The summed E-state index contributed by atoms with van der Waals surface area (Å²) in [5.41, 5.74) is 0.359. The quantitative estimate of drug-likeness (QED) is 0.860. The summed E-state index contributed by atoms with van der Waals surface area (Å²) in [7, 11) is 0. The molecule has 0 bridgehead atoms. The van der Waals surface area contributed by atoms with E-state index in [9.17, 15) is 4.79 Å². The van der Waals surface area contributed by atoms with E-state index in [0.29, 0.717) is 6.61 Å². The van der Waals surface area contributed by atoms with Crippen molar-refractivity contribution in [3.05, 3.63) is 28.7 Å². The average Bonchev–Trinajstić information content (AvgIpc) is 2.82. The minimum Gasteiger partial charge on any atom is -0.464 e. The third kappa shape index (κ3) is 2.83. The van der Waals surface area contributed by atoms with Crippen LogP contribution in [0.25, 0.3) is 0 Å². The van der Waals surface area contributed by atoms with E-state index < -0.39 is 5.54 Å². The molecule has 3 nitrogen and oxygen atoms in total. The highest BCUT2D eigenvalue weighted by Gasteiger charge is 2.43. The second-order valence-corrected chi connectivity index (χ2v) is 6.17. The van der Waals surface area contributed by atoms with Gasteiger partial charge in [0, 0.05) is 15.9 Å². The average molecular weight is 330 g/mol. The second kappa shape index (κ2) is 5.97. The number of hydrogen-bond acceptors (Lipinski definition) is 4. The molecule has 1 aliphatic rings. The standard InChI is InChI=1S/C13H16BrNO2S/c1-2-17-12(16)13(7-8-18-9-13)15-11-6-4-3-5-10(11)14/h3-6,15H,2,7-9H2,1H3. The van der Waals surface area contributed by atoms with Crippen LogP contribution in [0.1, 0.15) is 13.3 Å². The molecule has 1 atom stereocenters. The van der Waals surface area contributed by atoms with Gasteiger partial charge >= 0.3 is 5.97 Å². The Bertz CT molecular complexity index is 433. The van der Waals surface area contributed by atoms with Gasteiger partial charge in [0.2, 0.25) is 0 Å². The summed E-state index contributed by atoms with van der Waals surface area (Å²) in [5, 5.41) is 3.36. The summed E-state index contributed by atoms with van der Waals surface area (Å²) in [6, 6.07) is 7.83. The first-order valence-electron chi connectivity index (χ1n) is 5.95. The summed E-state index contributed by atoms with van der Waals surface area (Å²) in [6.07, 6.45) is 0.803. The molecular formula is C13H16BrNO2S. The molecule has 1 N–H and O–H groups in total. The normalized spacial score (nSPS) is 22.8. The highest BCUT2D eigenvalue weighted by Crippen LogP contribution is 2.34. The zero-order valence-corrected chi connectivity index (χ0v) is 12.6. The molecule has 0 spiro atoms. The van der Waals surface area contributed by atoms with Gasteiger partial charge in [0.15, 0.2) is 0 Å². The van der Waals surface area contributed by atoms with Crippen LogP contribution < -0.4 is 5.32 Å². The lowest BCUT2D eigenvalue weighted by Gasteiger charge is -2.28. The van der Waals surface area contributed by atoms with Crippen LogP contribution in [0.5, 0.6) is 0 Å². The van der Waals surface area contributed by atoms with Gasteiger partial charge in [-0.1, -0.05) is 12.1 Å². The third-order valence-electron chi connectivity index (χ3n) is 2.94. The molecule has 2 rings (SSSR count). The monoisotopic (exact) mass is 329 g/mol. The van der Waals surface area contributed by atoms with E-state index in [1.54, 1.807) is 11.8 Å². The molecule has 1 unspecified atom stereocenters. The van der Waals surface area contributed by atoms with Gasteiger partial charge in [-0.15, -0.1) is 0 Å². The minimum atomic E-state index is -0.579. The van der Waals surface area contributed by atoms with E-state index in [-0.39, 0.29) is 5.97 Å². The zero-order valence-electron chi connectivity index (χ0n) is 10.2. The maximum absolute atomic E-state index is 12.2. The Hall–Kier alpha value is -0.680. The van der Waals surface area contributed by atoms with E-state index in [2.05, 4.69) is 21.2 Å². The Morgan fingerprint density at radius 3 is 2.94 bits per heavy atom. The Labute approximate surface area is 120 Å². The molecule has 1 heterocycles. The first kappa shape index (κ1) is 13.7. The molecule has 0 amide bonds. The fourth-order valence-electron chi connectivity index (χ4n) is 1.97. The van der Waals surface area contributed by atoms with E-state index in [0.717, 1.165) is 28.1 Å². The minimum absolute atomic E-state index is 0.147. The first-order chi connectivity index (χ1) is 8.68. The van der Waals surface area contributed by atoms with Crippen LogP contribution in [-0.4, -0.2) is 29.6 Å². The van der Waals surface area contributed by atoms with Gasteiger partial charge in [-0.2, -0.15) is 11.8 Å². The van der Waals surface area contributed by atoms with Crippen molar-refractivity contribution in [2.24, 2.45) is 0 Å². The number of para-hydroxylation sites is 1. The highest BCUT2D eigenvalue weighted by molar-refractivity contribution is 9.10. The molecule has 1 aliphatic heterocycles. The molecule has 0 radical (unpaired) electrons. The molecular weight excluding hydrogens is 314 g/mol. The Morgan fingerprint density at radius 1 is 1.56 bits per heavy atom. The van der Waals surface area contributed by atoms with Crippen LogP contribution in [0, 0.1) is 0 Å². The van der Waals surface area contributed by atoms with Gasteiger partial charge in [0.25, 0.3) is 0 Å². The largest absolute Gasteiger partial charge is 0.464 e. The number of esters is 1. The molecule has 0 saturated carbocycles. The predicted molar refractivity (Wildman–Crippen MR) is 79.1 cm³/mol. The van der Waals surface area contributed by atoms with Crippen LogP contribution >= 0.6 is 27.7 Å². The summed E-state index contributed by atoms with van der Waals surface area (Å²) in [4.78, 5) is 12.2. The van der Waals surface area contributed by atoms with Crippen molar-refractivity contribution in [2.45, 2.75) is 18.9 Å². The number of carbonyl (C=O) groups excluding carboxylic acids is 1. The Morgan fingerprint density at radius 2 is 2.33 bits per heavy atom. The van der Waals surface area contributed by atoms with Crippen molar-refractivity contribution in [3.63, 3.8) is 0 Å². The third-order valence-corrected chi connectivity index (χ3v) is 4.82. The fraction of sp³-hybridized carbons (Fsp3) is 0.462. The van der Waals surface area contributed by atoms with Crippen LogP contribution in [0.4, 0.5) is 5.69 Å². The van der Waals surface area contributed by atoms with E-state index in [1.165, 1.54) is 0 Å². The van der Waals surface area contributed by atoms with Gasteiger partial charge in [0.1, 0.15) is 5.54 Å². The lowest BCUT2D eigenvalue weighted by atomic mass is 9.98. The molecule has 18 heavy (non-hydrogen) atoms. The SMILES string of the molecule is CCOC(=O)C1(Nc2ccccc2Br)CCSC1. The first-order valence-corrected chi connectivity index (χ1v) is 7.90. The van der Waals surface area contributed by atoms with Crippen molar-refractivity contribution in [2.75, 3.05) is 23.4 Å². The summed E-state index contributed by atoms with van der Waals surface area (Å²) >= 11 is 5.28. The number of nitrogens with one attached hydrogen (secondary N) is 1. The van der Waals surface area contributed by atoms with Gasteiger partial charge in [-0.3, -0.25) is 0 Å². The number of halogens is 1. The van der Waals surface area contributed by atoms with Gasteiger partial charge in [0.05, 0.1) is 6.61 Å². The van der Waals surface area contributed by atoms with Crippen LogP contribution in [-0.2, 0) is 9.53 Å². The lowest BCUT2D eigenvalue weighted by molar-refractivity contribution is -0.147. The van der Waals surface area contributed by atoms with Gasteiger partial charge in [-0.05, 0) is 47.2 Å². The molecule has 1 fully saturated rings. The number of carbonyl (C=O) groups is 1. The number of hydrogen-bond donors (Lipinski definition) is 1. The van der Waals surface area contributed by atoms with Crippen LogP contribution in [0.3, 0.4) is 0 Å². The molecule has 1 aromatic carbocycles. The number of anilines is 1. The van der Waals surface area contributed by atoms with E-state index in [1.807, 2.05) is 31.2 Å². The Balaban J connectivity index is 2.21. The van der Waals surface area contributed by atoms with Crippen molar-refractivity contribution in [1.29, 1.82) is 0 Å². The smallest absolute Gasteiger partial charge is 0.332 e. The van der Waals surface area contributed by atoms with Crippen molar-refractivity contribution in [1.82, 2.24) is 0 Å². The number of thioether (sulfide) groups is 1. The Kier molecular flexibility index (Phi) is 4.56. The number of benzene rings is 1. The lowest BCUT2D eigenvalue weighted by Crippen LogP contribution is -2.47. The van der Waals surface area contributed by atoms with Crippen molar-refractivity contribution >= 4 is 39.3 Å². The summed E-state index contributed by atoms with van der Waals surface area (Å²) in [5.74, 6) is 1.59. The van der Waals surface area contributed by atoms with E-state index in [4.69, 9.17) is 4.74 Å². The molecule has 0 aromatic heterocycles. The topological polar surface area (TPSA) is 38.3 Å². The highest BCUT2D eigenvalue weighted by atomic mass is 79.9. The maximum atomic E-state index is 12.2. The van der Waals surface area contributed by atoms with E-state index >= 15 is 0 Å². The van der Waals surface area contributed by atoms with Crippen molar-refractivity contribution < 1.29 is 9.53 Å². The van der Waals surface area contributed by atoms with Gasteiger partial charge < -0.3 is 10.1 Å². The molecule has 5 heteroatoms. The summed E-state index contributed by atoms with van der Waals surface area (Å²) < 4.78 is 6.17. The number of rotatable bonds is 4. The summed E-state index contributed by atoms with van der Waals surface area (Å²) in [6.45, 7) is 2.26. The molecule has 98 valence electrons. The maximum Gasteiger partial charge on any atom is 0.332 e. The predicted octanol–water partition coefficient (Wildman–Crippen LogP) is 3.30. The van der Waals surface area contributed by atoms with Gasteiger partial charge in [-0.25, -0.2) is 4.79 Å². The van der Waals surface area contributed by atoms with Crippen molar-refractivity contribution in [3.8, 4) is 0 Å². The van der Waals surface area contributed by atoms with Crippen LogP contribution in [0.15, 0.2) is 28.7 Å². The zero-order chi connectivity index (χ0) is 13.0. The number of ether oxygens (including phenoxy) is 1. The molecule has 0 aliphatic carbocycles.